The molecule has 0 bridgehead atoms. The summed E-state index contributed by atoms with van der Waals surface area (Å²) in [5.74, 6) is 7.28. The van der Waals surface area contributed by atoms with Crippen molar-refractivity contribution in [2.45, 2.75) is 12.5 Å². The fraction of sp³-hybridized carbons (Fsp3) is 0.267. The minimum absolute atomic E-state index is 0.162. The Kier molecular flexibility index (Phi) is 3.54. The zero-order chi connectivity index (χ0) is 13.9. The molecule has 5 nitrogen and oxygen atoms in total. The van der Waals surface area contributed by atoms with Crippen LogP contribution in [-0.4, -0.2) is 18.7 Å². The summed E-state index contributed by atoms with van der Waals surface area (Å²) >= 11 is 0. The average molecular weight is 271 g/mol. The highest BCUT2D eigenvalue weighted by Gasteiger charge is 2.20. The highest BCUT2D eigenvalue weighted by Crippen LogP contribution is 2.32. The maximum atomic E-state index is 5.74. The van der Waals surface area contributed by atoms with Gasteiger partial charge < -0.3 is 9.47 Å². The molecule has 20 heavy (non-hydrogen) atoms. The number of hydrazine groups is 1. The highest BCUT2D eigenvalue weighted by molar-refractivity contribution is 5.44. The van der Waals surface area contributed by atoms with E-state index in [4.69, 9.17) is 15.3 Å². The molecule has 0 aliphatic carbocycles. The number of fused-ring (bicyclic) bond motifs is 1. The molecule has 0 saturated heterocycles. The van der Waals surface area contributed by atoms with Gasteiger partial charge in [-0.2, -0.15) is 0 Å². The standard InChI is InChI=1S/C15H17N3O2/c1-19-15-12(3-2-7-17-15)14(18-16)11-4-5-13-10(9-11)6-8-20-13/h2-5,7,9,14,18H,6,8,16H2,1H3. The number of nitrogens with one attached hydrogen (secondary N) is 1. The molecule has 1 aromatic heterocycles. The van der Waals surface area contributed by atoms with E-state index in [1.54, 1.807) is 13.3 Å². The Morgan fingerprint density at radius 3 is 3.10 bits per heavy atom. The first-order chi connectivity index (χ1) is 9.83. The maximum Gasteiger partial charge on any atom is 0.218 e. The summed E-state index contributed by atoms with van der Waals surface area (Å²) in [4.78, 5) is 4.22. The van der Waals surface area contributed by atoms with Crippen molar-refractivity contribution in [2.24, 2.45) is 5.84 Å². The van der Waals surface area contributed by atoms with Crippen LogP contribution in [0.3, 0.4) is 0 Å². The molecule has 1 aliphatic heterocycles. The van der Waals surface area contributed by atoms with Gasteiger partial charge in [0.2, 0.25) is 5.88 Å². The number of pyridine rings is 1. The van der Waals surface area contributed by atoms with E-state index in [1.807, 2.05) is 24.3 Å². The Hall–Kier alpha value is -2.11. The Labute approximate surface area is 117 Å². The van der Waals surface area contributed by atoms with Crippen LogP contribution in [-0.2, 0) is 6.42 Å². The molecule has 3 N–H and O–H groups in total. The molecule has 2 heterocycles. The van der Waals surface area contributed by atoms with Crippen molar-refractivity contribution in [1.29, 1.82) is 0 Å². The normalized spacial score (nSPS) is 14.5. The lowest BCUT2D eigenvalue weighted by molar-refractivity contribution is 0.356. The third-order valence-corrected chi connectivity index (χ3v) is 3.52. The van der Waals surface area contributed by atoms with Crippen LogP contribution in [0, 0.1) is 0 Å². The van der Waals surface area contributed by atoms with Gasteiger partial charge in [0.25, 0.3) is 0 Å². The highest BCUT2D eigenvalue weighted by atomic mass is 16.5. The van der Waals surface area contributed by atoms with Crippen molar-refractivity contribution < 1.29 is 9.47 Å². The van der Waals surface area contributed by atoms with Crippen LogP contribution in [0.2, 0.25) is 0 Å². The molecular weight excluding hydrogens is 254 g/mol. The lowest BCUT2D eigenvalue weighted by Gasteiger charge is -2.19. The second-order valence-electron chi connectivity index (χ2n) is 4.67. The van der Waals surface area contributed by atoms with Crippen molar-refractivity contribution in [2.75, 3.05) is 13.7 Å². The molecule has 104 valence electrons. The molecule has 0 radical (unpaired) electrons. The second-order valence-corrected chi connectivity index (χ2v) is 4.67. The molecule has 0 saturated carbocycles. The molecule has 0 fully saturated rings. The van der Waals surface area contributed by atoms with Crippen LogP contribution < -0.4 is 20.7 Å². The Morgan fingerprint density at radius 2 is 2.30 bits per heavy atom. The second kappa shape index (κ2) is 5.48. The van der Waals surface area contributed by atoms with Gasteiger partial charge in [0.15, 0.2) is 0 Å². The number of hydrogen-bond acceptors (Lipinski definition) is 5. The summed E-state index contributed by atoms with van der Waals surface area (Å²) in [6.07, 6.45) is 2.64. The summed E-state index contributed by atoms with van der Waals surface area (Å²) in [6.45, 7) is 0.746. The monoisotopic (exact) mass is 271 g/mol. The van der Waals surface area contributed by atoms with E-state index in [0.29, 0.717) is 5.88 Å². The number of nitrogens with two attached hydrogens (primary N) is 1. The number of rotatable bonds is 4. The van der Waals surface area contributed by atoms with Gasteiger partial charge in [0, 0.05) is 18.2 Å². The minimum Gasteiger partial charge on any atom is -0.493 e. The number of ether oxygens (including phenoxy) is 2. The zero-order valence-electron chi connectivity index (χ0n) is 11.3. The van der Waals surface area contributed by atoms with Crippen LogP contribution in [0.5, 0.6) is 11.6 Å². The maximum absolute atomic E-state index is 5.74. The topological polar surface area (TPSA) is 69.4 Å². The molecule has 1 aliphatic rings. The van der Waals surface area contributed by atoms with Gasteiger partial charge >= 0.3 is 0 Å². The largest absolute Gasteiger partial charge is 0.493 e. The number of aromatic nitrogens is 1. The lowest BCUT2D eigenvalue weighted by Crippen LogP contribution is -2.29. The number of nitrogens with zero attached hydrogens (tertiary/aromatic N) is 1. The number of benzene rings is 1. The summed E-state index contributed by atoms with van der Waals surface area (Å²) in [6, 6.07) is 9.80. The van der Waals surface area contributed by atoms with E-state index in [-0.39, 0.29) is 6.04 Å². The molecule has 3 rings (SSSR count). The SMILES string of the molecule is COc1ncccc1C(NN)c1ccc2c(c1)CCO2. The molecular formula is C15H17N3O2. The van der Waals surface area contributed by atoms with E-state index in [2.05, 4.69) is 16.5 Å². The summed E-state index contributed by atoms with van der Waals surface area (Å²) in [5.41, 5.74) is 6.04. The molecule has 1 atom stereocenters. The quantitative estimate of drug-likeness (QED) is 0.652. The molecule has 2 aromatic rings. The van der Waals surface area contributed by atoms with E-state index in [0.717, 1.165) is 29.9 Å². The van der Waals surface area contributed by atoms with Crippen molar-refractivity contribution >= 4 is 0 Å². The van der Waals surface area contributed by atoms with Gasteiger partial charge in [-0.15, -0.1) is 0 Å². The molecule has 1 unspecified atom stereocenters. The van der Waals surface area contributed by atoms with E-state index < -0.39 is 0 Å². The van der Waals surface area contributed by atoms with Crippen LogP contribution in [0.25, 0.3) is 0 Å². The van der Waals surface area contributed by atoms with Gasteiger partial charge in [0.05, 0.1) is 19.8 Å². The van der Waals surface area contributed by atoms with Gasteiger partial charge in [-0.3, -0.25) is 5.84 Å². The summed E-state index contributed by atoms with van der Waals surface area (Å²) in [5, 5.41) is 0. The smallest absolute Gasteiger partial charge is 0.218 e. The predicted octanol–water partition coefficient (Wildman–Crippen LogP) is 1.58. The van der Waals surface area contributed by atoms with Gasteiger partial charge in [-0.1, -0.05) is 18.2 Å². The van der Waals surface area contributed by atoms with E-state index in [9.17, 15) is 0 Å². The van der Waals surface area contributed by atoms with Crippen molar-refractivity contribution in [3.05, 3.63) is 53.2 Å². The Morgan fingerprint density at radius 1 is 1.40 bits per heavy atom. The van der Waals surface area contributed by atoms with E-state index >= 15 is 0 Å². The fourth-order valence-electron chi connectivity index (χ4n) is 2.55. The lowest BCUT2D eigenvalue weighted by atomic mass is 9.97. The molecule has 1 aromatic carbocycles. The van der Waals surface area contributed by atoms with Crippen LogP contribution >= 0.6 is 0 Å². The molecule has 5 heteroatoms. The minimum atomic E-state index is -0.162. The van der Waals surface area contributed by atoms with Crippen LogP contribution in [0.15, 0.2) is 36.5 Å². The van der Waals surface area contributed by atoms with Crippen molar-refractivity contribution in [1.82, 2.24) is 10.4 Å². The van der Waals surface area contributed by atoms with E-state index in [1.165, 1.54) is 5.56 Å². The van der Waals surface area contributed by atoms with Gasteiger partial charge in [-0.25, -0.2) is 10.4 Å². The molecule has 0 amide bonds. The fourth-order valence-corrected chi connectivity index (χ4v) is 2.55. The predicted molar refractivity (Wildman–Crippen MR) is 75.6 cm³/mol. The number of methoxy groups -OCH3 is 1. The first-order valence-corrected chi connectivity index (χ1v) is 6.54. The van der Waals surface area contributed by atoms with Gasteiger partial charge in [0.1, 0.15) is 5.75 Å². The third-order valence-electron chi connectivity index (χ3n) is 3.52. The Bertz CT molecular complexity index is 616. The van der Waals surface area contributed by atoms with Crippen molar-refractivity contribution in [3.8, 4) is 11.6 Å². The molecule has 0 spiro atoms. The number of hydrogen-bond donors (Lipinski definition) is 2. The first kappa shape index (κ1) is 12.9. The van der Waals surface area contributed by atoms with Gasteiger partial charge in [-0.05, 0) is 23.3 Å². The summed E-state index contributed by atoms with van der Waals surface area (Å²) < 4.78 is 10.8. The third kappa shape index (κ3) is 2.21. The summed E-state index contributed by atoms with van der Waals surface area (Å²) in [7, 11) is 1.61. The van der Waals surface area contributed by atoms with Crippen LogP contribution in [0.4, 0.5) is 0 Å². The first-order valence-electron chi connectivity index (χ1n) is 6.54. The Balaban J connectivity index is 2.01. The van der Waals surface area contributed by atoms with Crippen LogP contribution in [0.1, 0.15) is 22.7 Å². The average Bonchev–Trinajstić information content (AvgIpc) is 2.96. The van der Waals surface area contributed by atoms with Crippen molar-refractivity contribution in [3.63, 3.8) is 0 Å². The zero-order valence-corrected chi connectivity index (χ0v) is 11.3.